The van der Waals surface area contributed by atoms with Crippen LogP contribution in [0, 0.1) is 13.8 Å². The molecular weight excluding hydrogens is 813 g/mol. The topological polar surface area (TPSA) is 117 Å². The normalized spacial score (nSPS) is 14.3. The van der Waals surface area contributed by atoms with Crippen LogP contribution in [0.3, 0.4) is 0 Å². The third-order valence-electron chi connectivity index (χ3n) is 11.9. The molecule has 0 saturated carbocycles. The van der Waals surface area contributed by atoms with Gasteiger partial charge in [0.25, 0.3) is 0 Å². The Morgan fingerprint density at radius 1 is 0.462 bits per heavy atom. The molecule has 0 bridgehead atoms. The molecule has 338 valence electrons. The predicted molar refractivity (Wildman–Crippen MR) is 254 cm³/mol. The highest BCUT2D eigenvalue weighted by molar-refractivity contribution is 5.71. The Kier molecular flexibility index (Phi) is 17.5. The minimum absolute atomic E-state index is 0.262. The zero-order chi connectivity index (χ0) is 45.1. The molecule has 6 heterocycles. The van der Waals surface area contributed by atoms with E-state index in [1.165, 1.54) is 22.3 Å². The maximum Gasteiger partial charge on any atom is 0.415 e. The van der Waals surface area contributed by atoms with Crippen molar-refractivity contribution in [2.24, 2.45) is 0 Å². The number of aromatic nitrogens is 4. The lowest BCUT2D eigenvalue weighted by Gasteiger charge is -2.34. The highest BCUT2D eigenvalue weighted by Crippen LogP contribution is 2.18. The highest BCUT2D eigenvalue weighted by Gasteiger charge is 2.24. The van der Waals surface area contributed by atoms with Crippen molar-refractivity contribution in [1.82, 2.24) is 39.5 Å². The van der Waals surface area contributed by atoms with Gasteiger partial charge in [-0.05, 0) is 148 Å². The molecule has 2 aliphatic rings. The number of piperazine rings is 2. The molecule has 2 amide bonds. The quantitative estimate of drug-likeness (QED) is 0.0999. The number of benzene rings is 2. The fraction of sp³-hybridized carbons (Fsp3) is 0.358. The minimum Gasteiger partial charge on any atom is -0.410 e. The van der Waals surface area contributed by atoms with E-state index in [2.05, 4.69) is 54.0 Å². The Morgan fingerprint density at radius 2 is 0.908 bits per heavy atom. The van der Waals surface area contributed by atoms with Crippen LogP contribution in [0.4, 0.5) is 9.59 Å². The van der Waals surface area contributed by atoms with E-state index in [0.717, 1.165) is 107 Å². The zero-order valence-electron chi connectivity index (χ0n) is 37.9. The van der Waals surface area contributed by atoms with Gasteiger partial charge in [-0.15, -0.1) is 0 Å². The fourth-order valence-corrected chi connectivity index (χ4v) is 8.00. The molecule has 12 nitrogen and oxygen atoms in total. The Labute approximate surface area is 384 Å². The molecule has 0 N–H and O–H groups in total. The largest absolute Gasteiger partial charge is 0.415 e. The van der Waals surface area contributed by atoms with Crippen LogP contribution in [0.5, 0.6) is 11.5 Å². The minimum atomic E-state index is -0.270. The fourth-order valence-electron chi connectivity index (χ4n) is 8.00. The molecule has 2 fully saturated rings. The van der Waals surface area contributed by atoms with Crippen LogP contribution < -0.4 is 9.47 Å². The predicted octanol–water partition coefficient (Wildman–Crippen LogP) is 8.25. The number of hydrogen-bond acceptors (Lipinski definition) is 10. The van der Waals surface area contributed by atoms with E-state index < -0.39 is 0 Å². The number of carbonyl (C=O) groups excluding carboxylic acids is 2. The molecule has 0 spiro atoms. The first kappa shape index (κ1) is 46.5. The maximum atomic E-state index is 12.6. The van der Waals surface area contributed by atoms with Crippen molar-refractivity contribution >= 4 is 12.2 Å². The van der Waals surface area contributed by atoms with Gasteiger partial charge >= 0.3 is 12.2 Å². The second kappa shape index (κ2) is 24.5. The van der Waals surface area contributed by atoms with Crippen LogP contribution in [0.1, 0.15) is 51.5 Å². The number of rotatable bonds is 15. The number of amides is 2. The molecule has 6 aromatic rings. The van der Waals surface area contributed by atoms with Crippen molar-refractivity contribution < 1.29 is 19.1 Å². The van der Waals surface area contributed by atoms with E-state index in [1.54, 1.807) is 22.2 Å². The average molecular weight is 875 g/mol. The molecule has 12 heteroatoms. The summed E-state index contributed by atoms with van der Waals surface area (Å²) in [4.78, 5) is 50.9. The Balaban J connectivity index is 0.000000194. The first-order chi connectivity index (χ1) is 31.8. The monoisotopic (exact) mass is 874 g/mol. The number of pyridine rings is 4. The highest BCUT2D eigenvalue weighted by atomic mass is 16.6. The molecule has 0 unspecified atom stereocenters. The van der Waals surface area contributed by atoms with E-state index in [9.17, 15) is 9.59 Å². The Bertz CT molecular complexity index is 2350. The Morgan fingerprint density at radius 3 is 1.34 bits per heavy atom. The lowest BCUT2D eigenvalue weighted by Crippen LogP contribution is -2.49. The maximum absolute atomic E-state index is 12.6. The summed E-state index contributed by atoms with van der Waals surface area (Å²) in [6.07, 6.45) is 13.6. The third-order valence-corrected chi connectivity index (χ3v) is 11.9. The molecule has 2 saturated heterocycles. The summed E-state index contributed by atoms with van der Waals surface area (Å²) >= 11 is 0. The number of aryl methyl sites for hydroxylation is 7. The van der Waals surface area contributed by atoms with E-state index in [1.807, 2.05) is 111 Å². The molecule has 4 aromatic heterocycles. The first-order valence-corrected chi connectivity index (χ1v) is 23.0. The van der Waals surface area contributed by atoms with E-state index >= 15 is 0 Å². The van der Waals surface area contributed by atoms with Gasteiger partial charge in [0.1, 0.15) is 11.5 Å². The molecule has 2 aliphatic heterocycles. The van der Waals surface area contributed by atoms with Crippen LogP contribution in [0.2, 0.25) is 0 Å². The summed E-state index contributed by atoms with van der Waals surface area (Å²) in [7, 11) is 0. The number of nitrogens with zero attached hydrogens (tertiary/aromatic N) is 8. The van der Waals surface area contributed by atoms with Gasteiger partial charge < -0.3 is 19.3 Å². The van der Waals surface area contributed by atoms with Gasteiger partial charge in [0.05, 0.1) is 0 Å². The van der Waals surface area contributed by atoms with Gasteiger partial charge in [-0.25, -0.2) is 9.59 Å². The van der Waals surface area contributed by atoms with Crippen LogP contribution in [0.25, 0.3) is 0 Å². The van der Waals surface area contributed by atoms with Crippen molar-refractivity contribution in [3.8, 4) is 11.5 Å². The average Bonchev–Trinajstić information content (AvgIpc) is 3.34. The van der Waals surface area contributed by atoms with E-state index in [0.29, 0.717) is 37.7 Å². The number of ether oxygens (including phenoxy) is 2. The smallest absolute Gasteiger partial charge is 0.410 e. The summed E-state index contributed by atoms with van der Waals surface area (Å²) in [5.41, 5.74) is 9.21. The number of hydrogen-bond donors (Lipinski definition) is 0. The summed E-state index contributed by atoms with van der Waals surface area (Å²) in [5, 5.41) is 0. The molecule has 0 aliphatic carbocycles. The van der Waals surface area contributed by atoms with Crippen LogP contribution in [-0.4, -0.2) is 117 Å². The van der Waals surface area contributed by atoms with Crippen molar-refractivity contribution in [2.75, 3.05) is 65.4 Å². The lowest BCUT2D eigenvalue weighted by atomic mass is 10.1. The molecule has 0 radical (unpaired) electrons. The SMILES string of the molecule is Cc1cccc(CCc2ccc(OC(=O)N3CCN(CCCc4cccnc4)CC3)cc2)n1.Cc1cccc(CCc2ccc(OC(=O)N3CCN(CCc4cccnc4)CC3)cc2)n1. The molecule has 0 atom stereocenters. The van der Waals surface area contributed by atoms with Crippen molar-refractivity contribution in [2.45, 2.75) is 58.8 Å². The molecule has 65 heavy (non-hydrogen) atoms. The van der Waals surface area contributed by atoms with Crippen LogP contribution in [-0.2, 0) is 38.5 Å². The summed E-state index contributed by atoms with van der Waals surface area (Å²) in [6, 6.07) is 36.0. The van der Waals surface area contributed by atoms with Gasteiger partial charge in [0.2, 0.25) is 0 Å². The van der Waals surface area contributed by atoms with Crippen LogP contribution >= 0.6 is 0 Å². The summed E-state index contributed by atoms with van der Waals surface area (Å²) < 4.78 is 11.2. The zero-order valence-corrected chi connectivity index (χ0v) is 37.9. The first-order valence-electron chi connectivity index (χ1n) is 23.0. The van der Waals surface area contributed by atoms with Crippen molar-refractivity contribution in [1.29, 1.82) is 0 Å². The lowest BCUT2D eigenvalue weighted by molar-refractivity contribution is 0.110. The van der Waals surface area contributed by atoms with Gasteiger partial charge in [-0.1, -0.05) is 48.5 Å². The Hall–Kier alpha value is -6.50. The van der Waals surface area contributed by atoms with Gasteiger partial charge in [0.15, 0.2) is 0 Å². The second-order valence-electron chi connectivity index (χ2n) is 16.8. The van der Waals surface area contributed by atoms with Crippen molar-refractivity contribution in [3.63, 3.8) is 0 Å². The second-order valence-corrected chi connectivity index (χ2v) is 16.8. The van der Waals surface area contributed by atoms with Crippen LogP contribution in [0.15, 0.2) is 134 Å². The molecule has 8 rings (SSSR count). The van der Waals surface area contributed by atoms with E-state index in [-0.39, 0.29) is 12.2 Å². The number of carbonyl (C=O) groups is 2. The molecular formula is C53H62N8O4. The third kappa shape index (κ3) is 15.6. The molecule has 2 aromatic carbocycles. The van der Waals surface area contributed by atoms with E-state index in [4.69, 9.17) is 9.47 Å². The summed E-state index contributed by atoms with van der Waals surface area (Å²) in [5.74, 6) is 1.18. The standard InChI is InChI=1S/C27H32N4O2.C26H30N4O2/c1-22-5-2-8-25(29-22)12-9-23-10-13-26(14-11-23)33-27(32)31-19-17-30(18-20-31)16-4-7-24-6-3-15-28-21-24;1-21-4-2-6-24(28-21)10-7-22-8-11-25(12-9-22)32-26(31)30-18-16-29(17-19-30)15-13-23-5-3-14-27-20-23/h2-3,5-6,8,10-11,13-15,21H,4,7,9,12,16-20H2,1H3;2-6,8-9,11-12,14,20H,7,10,13,15-19H2,1H3. The van der Waals surface area contributed by atoms with Gasteiger partial charge in [-0.2, -0.15) is 0 Å². The van der Waals surface area contributed by atoms with Gasteiger partial charge in [-0.3, -0.25) is 29.7 Å². The summed E-state index contributed by atoms with van der Waals surface area (Å²) in [6.45, 7) is 12.3. The van der Waals surface area contributed by atoms with Crippen molar-refractivity contribution in [3.05, 3.63) is 179 Å². The van der Waals surface area contributed by atoms with Gasteiger partial charge in [0, 0.05) is 106 Å².